The fourth-order valence-electron chi connectivity index (χ4n) is 6.64. The van der Waals surface area contributed by atoms with Gasteiger partial charge >= 0.3 is 0 Å². The van der Waals surface area contributed by atoms with Gasteiger partial charge in [-0.1, -0.05) is 19.9 Å². The van der Waals surface area contributed by atoms with Gasteiger partial charge < -0.3 is 15.3 Å². The minimum absolute atomic E-state index is 0. The number of imidazole rings is 1. The molecule has 1 aromatic carbocycles. The molecule has 1 unspecified atom stereocenters. The number of thiophene rings is 1. The summed E-state index contributed by atoms with van der Waals surface area (Å²) in [5, 5.41) is 8.15. The minimum atomic E-state index is 0. The molecule has 6 heterocycles. The van der Waals surface area contributed by atoms with Gasteiger partial charge in [-0.2, -0.15) is 5.10 Å². The summed E-state index contributed by atoms with van der Waals surface area (Å²) < 4.78 is 3.20. The van der Waals surface area contributed by atoms with E-state index in [0.29, 0.717) is 18.0 Å². The van der Waals surface area contributed by atoms with Crippen LogP contribution in [0.4, 0.5) is 0 Å². The molecule has 2 fully saturated rings. The Kier molecular flexibility index (Phi) is 4.52. The number of hydrogen-bond donors (Lipinski definition) is 3. The molecular formula is C29H35N7S. The number of benzene rings is 1. The Morgan fingerprint density at radius 3 is 2.81 bits per heavy atom. The number of aryl methyl sites for hydroxylation is 1. The van der Waals surface area contributed by atoms with Gasteiger partial charge in [-0.3, -0.25) is 0 Å². The Morgan fingerprint density at radius 1 is 1.08 bits per heavy atom. The third-order valence-corrected chi connectivity index (χ3v) is 9.59. The molecule has 5 aromatic heterocycles. The lowest BCUT2D eigenvalue weighted by molar-refractivity contribution is 0.380. The third kappa shape index (κ3) is 3.25. The molecule has 1 aliphatic carbocycles. The zero-order valence-corrected chi connectivity index (χ0v) is 22.0. The van der Waals surface area contributed by atoms with Gasteiger partial charge in [0.05, 0.1) is 33.0 Å². The molecule has 2 bridgehead atoms. The minimum Gasteiger partial charge on any atom is -0.354 e. The van der Waals surface area contributed by atoms with Crippen molar-refractivity contribution in [3.8, 4) is 21.7 Å². The molecule has 3 N–H and O–H groups in total. The number of fused-ring (bicyclic) bond motifs is 5. The van der Waals surface area contributed by atoms with E-state index >= 15 is 0 Å². The fraction of sp³-hybridized carbons (Fsp3) is 0.345. The summed E-state index contributed by atoms with van der Waals surface area (Å²) in [6.45, 7) is 6.64. The standard InChI is InChI=1S/C29H29N7S.3H2/c1-14(2)24-25(18-8-15(3)29-30-13-31-36(29)12-18)33-22-11-23(37-27(22)24)16-5-7-20-21(10-16)35-28(34-20)26-17-4-6-19(9-17)32-26;;;/h5,7-8,10-14,17,19,26,32-33H,4,6,9H2,1-3H3,(H,34,35);3*1H/t17-,19+,26?;;;/m0.../s1. The number of nitrogens with zero attached hydrogens (tertiary/aromatic N) is 4. The molecule has 8 heteroatoms. The predicted molar refractivity (Wildman–Crippen MR) is 155 cm³/mol. The van der Waals surface area contributed by atoms with Crippen LogP contribution < -0.4 is 5.32 Å². The molecule has 1 saturated heterocycles. The monoisotopic (exact) mass is 513 g/mol. The molecule has 37 heavy (non-hydrogen) atoms. The summed E-state index contributed by atoms with van der Waals surface area (Å²) in [6, 6.07) is 12.2. The smallest absolute Gasteiger partial charge is 0.158 e. The topological polar surface area (TPSA) is 86.7 Å². The lowest BCUT2D eigenvalue weighted by Crippen LogP contribution is -2.29. The van der Waals surface area contributed by atoms with Crippen LogP contribution in [0.25, 0.3) is 48.6 Å². The molecule has 8 rings (SSSR count). The number of pyridine rings is 1. The van der Waals surface area contributed by atoms with Gasteiger partial charge in [0.15, 0.2) is 5.65 Å². The summed E-state index contributed by atoms with van der Waals surface area (Å²) >= 11 is 1.87. The molecule has 7 nitrogen and oxygen atoms in total. The Hall–Kier alpha value is -3.49. The lowest BCUT2D eigenvalue weighted by atomic mass is 9.99. The second kappa shape index (κ2) is 7.76. The van der Waals surface area contributed by atoms with E-state index < -0.39 is 0 Å². The number of rotatable bonds is 4. The first-order valence-corrected chi connectivity index (χ1v) is 14.1. The van der Waals surface area contributed by atoms with Gasteiger partial charge in [0.1, 0.15) is 12.2 Å². The highest BCUT2D eigenvalue weighted by Crippen LogP contribution is 2.44. The van der Waals surface area contributed by atoms with Crippen molar-refractivity contribution in [2.24, 2.45) is 5.92 Å². The van der Waals surface area contributed by atoms with Crippen molar-refractivity contribution in [3.05, 3.63) is 59.8 Å². The molecule has 0 spiro atoms. The van der Waals surface area contributed by atoms with Crippen LogP contribution in [0.5, 0.6) is 0 Å². The van der Waals surface area contributed by atoms with E-state index in [1.54, 1.807) is 6.33 Å². The van der Waals surface area contributed by atoms with Gasteiger partial charge in [-0.15, -0.1) is 11.3 Å². The maximum Gasteiger partial charge on any atom is 0.158 e. The van der Waals surface area contributed by atoms with Crippen LogP contribution in [0.3, 0.4) is 0 Å². The quantitative estimate of drug-likeness (QED) is 0.228. The van der Waals surface area contributed by atoms with Crippen LogP contribution in [-0.2, 0) is 0 Å². The van der Waals surface area contributed by atoms with Gasteiger partial charge in [0.2, 0.25) is 0 Å². The van der Waals surface area contributed by atoms with Crippen LogP contribution >= 0.6 is 11.3 Å². The number of nitrogens with one attached hydrogen (secondary N) is 3. The summed E-state index contributed by atoms with van der Waals surface area (Å²) in [4.78, 5) is 18.0. The number of aromatic amines is 2. The Labute approximate surface area is 222 Å². The molecule has 192 valence electrons. The van der Waals surface area contributed by atoms with Crippen LogP contribution in [0.2, 0.25) is 0 Å². The van der Waals surface area contributed by atoms with Crippen molar-refractivity contribution in [1.29, 1.82) is 0 Å². The first kappa shape index (κ1) is 21.6. The average molecular weight is 514 g/mol. The normalized spacial score (nSPS) is 21.5. The third-order valence-electron chi connectivity index (χ3n) is 8.37. The summed E-state index contributed by atoms with van der Waals surface area (Å²) in [7, 11) is 0. The highest BCUT2D eigenvalue weighted by molar-refractivity contribution is 7.22. The summed E-state index contributed by atoms with van der Waals surface area (Å²) in [5.74, 6) is 2.21. The van der Waals surface area contributed by atoms with Crippen molar-refractivity contribution in [2.45, 2.75) is 58.0 Å². The zero-order chi connectivity index (χ0) is 24.8. The van der Waals surface area contributed by atoms with Crippen LogP contribution in [-0.4, -0.2) is 35.6 Å². The van der Waals surface area contributed by atoms with Crippen LogP contribution in [0.15, 0.2) is 42.9 Å². The predicted octanol–water partition coefficient (Wildman–Crippen LogP) is 7.47. The maximum atomic E-state index is 4.96. The molecule has 3 atom stereocenters. The van der Waals surface area contributed by atoms with E-state index in [0.717, 1.165) is 39.5 Å². The number of aromatic nitrogens is 6. The van der Waals surface area contributed by atoms with Gasteiger partial charge in [0.25, 0.3) is 0 Å². The van der Waals surface area contributed by atoms with E-state index in [9.17, 15) is 0 Å². The fourth-order valence-corrected chi connectivity index (χ4v) is 7.95. The van der Waals surface area contributed by atoms with Crippen molar-refractivity contribution in [2.75, 3.05) is 0 Å². The molecule has 6 aromatic rings. The summed E-state index contributed by atoms with van der Waals surface area (Å²) in [5.41, 5.74) is 10.3. The van der Waals surface area contributed by atoms with Gasteiger partial charge in [0, 0.05) is 27.0 Å². The lowest BCUT2D eigenvalue weighted by Gasteiger charge is -2.20. The first-order chi connectivity index (χ1) is 18.0. The average Bonchev–Trinajstić information content (AvgIpc) is 3.70. The molecule has 1 aliphatic heterocycles. The van der Waals surface area contributed by atoms with E-state index in [2.05, 4.69) is 82.7 Å². The molecule has 0 radical (unpaired) electrons. The SMILES string of the molecule is Cc1cc(-c2[nH]c3cc(-c4ccc5nc(C6N[C@@H]7CC[C@H]6C7)[nH]c5c4)sc3c2C(C)C)cn2ncnc12.[HH].[HH].[HH]. The maximum absolute atomic E-state index is 4.96. The molecule has 1 saturated carbocycles. The number of hydrogen-bond acceptors (Lipinski definition) is 5. The number of piperidine rings is 1. The van der Waals surface area contributed by atoms with E-state index in [-0.39, 0.29) is 4.28 Å². The van der Waals surface area contributed by atoms with Gasteiger partial charge in [-0.05, 0) is 79.0 Å². The van der Waals surface area contributed by atoms with Crippen LogP contribution in [0, 0.1) is 12.8 Å². The summed E-state index contributed by atoms with van der Waals surface area (Å²) in [6.07, 6.45) is 7.61. The highest BCUT2D eigenvalue weighted by atomic mass is 32.1. The van der Waals surface area contributed by atoms with Crippen molar-refractivity contribution >= 4 is 38.2 Å². The second-order valence-corrected chi connectivity index (χ2v) is 12.2. The Morgan fingerprint density at radius 2 is 2.00 bits per heavy atom. The van der Waals surface area contributed by atoms with Crippen LogP contribution in [0.1, 0.15) is 66.3 Å². The molecule has 0 amide bonds. The first-order valence-electron chi connectivity index (χ1n) is 13.2. The highest BCUT2D eigenvalue weighted by Gasteiger charge is 2.41. The Balaban J connectivity index is 0.00000108. The molecule has 2 aliphatic rings. The van der Waals surface area contributed by atoms with E-state index in [4.69, 9.17) is 4.98 Å². The second-order valence-electron chi connectivity index (χ2n) is 11.1. The van der Waals surface area contributed by atoms with Crippen molar-refractivity contribution in [1.82, 2.24) is 34.9 Å². The van der Waals surface area contributed by atoms with Crippen molar-refractivity contribution in [3.63, 3.8) is 0 Å². The zero-order valence-electron chi connectivity index (χ0n) is 21.2. The number of H-pyrrole nitrogens is 2. The van der Waals surface area contributed by atoms with Crippen molar-refractivity contribution < 1.29 is 4.28 Å². The van der Waals surface area contributed by atoms with E-state index in [1.807, 2.05) is 15.9 Å². The Bertz CT molecular complexity index is 1830. The van der Waals surface area contributed by atoms with E-state index in [1.165, 1.54) is 51.2 Å². The largest absolute Gasteiger partial charge is 0.354 e. The van der Waals surface area contributed by atoms with Gasteiger partial charge in [-0.25, -0.2) is 14.5 Å². The molecular weight excluding hydrogens is 478 g/mol.